The topological polar surface area (TPSA) is 28.7 Å². The zero-order valence-electron chi connectivity index (χ0n) is 10.5. The Morgan fingerprint density at radius 2 is 1.89 bits per heavy atom. The Morgan fingerprint density at radius 3 is 2.63 bits per heavy atom. The molecule has 0 unspecified atom stereocenters. The average Bonchev–Trinajstić information content (AvgIpc) is 3.04. The molecule has 2 nitrogen and oxygen atoms in total. The van der Waals surface area contributed by atoms with Gasteiger partial charge >= 0.3 is 0 Å². The number of hydrogen-bond donors (Lipinski definition) is 1. The summed E-state index contributed by atoms with van der Waals surface area (Å²) in [6, 6.07) is 8.70. The van der Waals surface area contributed by atoms with Crippen LogP contribution in [0.4, 0.5) is 0 Å². The first-order valence-electron chi connectivity index (χ1n) is 6.58. The normalized spacial score (nSPS) is 17.5. The van der Waals surface area contributed by atoms with Gasteiger partial charge in [0.2, 0.25) is 0 Å². The lowest BCUT2D eigenvalue weighted by molar-refractivity contribution is 0.674. The van der Waals surface area contributed by atoms with Crippen LogP contribution in [0.15, 0.2) is 24.3 Å². The van der Waals surface area contributed by atoms with Crippen LogP contribution in [0.2, 0.25) is 0 Å². The maximum atomic E-state index is 5.44. The molecule has 0 saturated heterocycles. The van der Waals surface area contributed by atoms with E-state index in [9.17, 15) is 0 Å². The minimum absolute atomic E-state index is 0.468. The number of H-pyrrole nitrogens is 1. The zero-order chi connectivity index (χ0) is 12.8. The quantitative estimate of drug-likeness (QED) is 0.809. The van der Waals surface area contributed by atoms with E-state index in [2.05, 4.69) is 34.2 Å². The molecular formula is C15H14N2S2. The molecule has 96 valence electrons. The fraction of sp³-hybridized carbons (Fsp3) is 0.333. The lowest BCUT2D eigenvalue weighted by Crippen LogP contribution is -2.07. The van der Waals surface area contributed by atoms with Gasteiger partial charge in [-0.05, 0) is 24.0 Å². The number of nitrogens with one attached hydrogen (secondary N) is 1. The van der Waals surface area contributed by atoms with Gasteiger partial charge in [-0.2, -0.15) is 11.8 Å². The molecule has 2 aliphatic rings. The van der Waals surface area contributed by atoms with Gasteiger partial charge in [0.25, 0.3) is 0 Å². The average molecular weight is 286 g/mol. The van der Waals surface area contributed by atoms with E-state index >= 15 is 0 Å². The van der Waals surface area contributed by atoms with Crippen molar-refractivity contribution in [2.24, 2.45) is 0 Å². The molecule has 1 aliphatic carbocycles. The van der Waals surface area contributed by atoms with Gasteiger partial charge in [0.15, 0.2) is 0 Å². The first kappa shape index (κ1) is 11.7. The minimum atomic E-state index is 0.468. The first-order valence-corrected chi connectivity index (χ1v) is 8.14. The zero-order valence-corrected chi connectivity index (χ0v) is 12.1. The van der Waals surface area contributed by atoms with E-state index in [4.69, 9.17) is 12.2 Å². The van der Waals surface area contributed by atoms with Crippen LogP contribution in [0.25, 0.3) is 0 Å². The van der Waals surface area contributed by atoms with E-state index < -0.39 is 0 Å². The molecule has 2 heterocycles. The second-order valence-electron chi connectivity index (χ2n) is 5.25. The summed E-state index contributed by atoms with van der Waals surface area (Å²) in [5, 5.41) is 0. The van der Waals surface area contributed by atoms with Crippen LogP contribution >= 0.6 is 24.0 Å². The molecule has 1 aliphatic heterocycles. The predicted molar refractivity (Wildman–Crippen MR) is 81.0 cm³/mol. The van der Waals surface area contributed by atoms with Crippen molar-refractivity contribution in [3.8, 4) is 0 Å². The summed E-state index contributed by atoms with van der Waals surface area (Å²) in [5.41, 5.74) is 5.47. The summed E-state index contributed by atoms with van der Waals surface area (Å²) >= 11 is 7.36. The van der Waals surface area contributed by atoms with Crippen molar-refractivity contribution in [3.63, 3.8) is 0 Å². The van der Waals surface area contributed by atoms with Crippen molar-refractivity contribution in [2.75, 3.05) is 0 Å². The highest BCUT2D eigenvalue weighted by Gasteiger charge is 2.26. The molecule has 0 radical (unpaired) electrons. The van der Waals surface area contributed by atoms with E-state index in [0.717, 1.165) is 34.8 Å². The Morgan fingerprint density at radius 1 is 1.16 bits per heavy atom. The summed E-state index contributed by atoms with van der Waals surface area (Å²) in [6.07, 6.45) is 2.17. The molecule has 19 heavy (non-hydrogen) atoms. The van der Waals surface area contributed by atoms with Gasteiger partial charge in [-0.3, -0.25) is 0 Å². The molecule has 0 spiro atoms. The van der Waals surface area contributed by atoms with Gasteiger partial charge in [0, 0.05) is 28.7 Å². The highest BCUT2D eigenvalue weighted by molar-refractivity contribution is 7.98. The van der Waals surface area contributed by atoms with Gasteiger partial charge < -0.3 is 4.98 Å². The predicted octanol–water partition coefficient (Wildman–Crippen LogP) is 3.77. The van der Waals surface area contributed by atoms with E-state index in [0.29, 0.717) is 5.92 Å². The maximum absolute atomic E-state index is 5.44. The van der Waals surface area contributed by atoms with Crippen molar-refractivity contribution in [3.05, 3.63) is 57.1 Å². The monoisotopic (exact) mass is 286 g/mol. The Labute approximate surface area is 121 Å². The van der Waals surface area contributed by atoms with Gasteiger partial charge in [-0.1, -0.05) is 36.5 Å². The summed E-state index contributed by atoms with van der Waals surface area (Å²) in [7, 11) is 0. The third kappa shape index (κ3) is 1.94. The van der Waals surface area contributed by atoms with Crippen molar-refractivity contribution in [1.29, 1.82) is 0 Å². The van der Waals surface area contributed by atoms with Crippen molar-refractivity contribution in [1.82, 2.24) is 9.97 Å². The number of benzene rings is 1. The van der Waals surface area contributed by atoms with Crippen LogP contribution in [0.3, 0.4) is 0 Å². The van der Waals surface area contributed by atoms with Crippen LogP contribution in [0.1, 0.15) is 34.1 Å². The van der Waals surface area contributed by atoms with Gasteiger partial charge in [-0.15, -0.1) is 0 Å². The standard InChI is InChI=1S/C15H14N2S2/c18-15-12-7-19-8-13(12)16-14(17-15)11-5-9-3-1-2-4-10(9)6-11/h1-4,11H,5-8H2,(H,16,17,18). The van der Waals surface area contributed by atoms with Gasteiger partial charge in [0.1, 0.15) is 10.5 Å². The third-order valence-electron chi connectivity index (χ3n) is 4.05. The lowest BCUT2D eigenvalue weighted by Gasteiger charge is -2.10. The van der Waals surface area contributed by atoms with E-state index in [-0.39, 0.29) is 0 Å². The fourth-order valence-corrected chi connectivity index (χ4v) is 4.49. The number of aromatic nitrogens is 2. The van der Waals surface area contributed by atoms with Crippen molar-refractivity contribution in [2.45, 2.75) is 30.3 Å². The second-order valence-corrected chi connectivity index (χ2v) is 6.62. The molecule has 2 aromatic rings. The molecule has 4 rings (SSSR count). The fourth-order valence-electron chi connectivity index (χ4n) is 3.04. The molecular weight excluding hydrogens is 272 g/mol. The van der Waals surface area contributed by atoms with E-state index in [1.807, 2.05) is 11.8 Å². The number of hydrogen-bond acceptors (Lipinski definition) is 3. The minimum Gasteiger partial charge on any atom is -0.346 e. The first-order chi connectivity index (χ1) is 9.31. The molecule has 1 N–H and O–H groups in total. The van der Waals surface area contributed by atoms with Gasteiger partial charge in [0.05, 0.1) is 0 Å². The van der Waals surface area contributed by atoms with Crippen LogP contribution in [-0.2, 0) is 24.3 Å². The molecule has 0 bridgehead atoms. The molecule has 0 amide bonds. The molecule has 1 aromatic heterocycles. The largest absolute Gasteiger partial charge is 0.346 e. The Balaban J connectivity index is 1.72. The van der Waals surface area contributed by atoms with E-state index in [1.54, 1.807) is 0 Å². The molecule has 4 heteroatoms. The van der Waals surface area contributed by atoms with Crippen molar-refractivity contribution < 1.29 is 0 Å². The van der Waals surface area contributed by atoms with Crippen molar-refractivity contribution >= 4 is 24.0 Å². The number of aromatic amines is 1. The van der Waals surface area contributed by atoms with Crippen LogP contribution in [0, 0.1) is 4.64 Å². The summed E-state index contributed by atoms with van der Waals surface area (Å²) in [5.74, 6) is 3.62. The van der Waals surface area contributed by atoms with Gasteiger partial charge in [-0.25, -0.2) is 4.98 Å². The van der Waals surface area contributed by atoms with E-state index in [1.165, 1.54) is 22.4 Å². The smallest absolute Gasteiger partial charge is 0.134 e. The summed E-state index contributed by atoms with van der Waals surface area (Å²) in [6.45, 7) is 0. The maximum Gasteiger partial charge on any atom is 0.134 e. The van der Waals surface area contributed by atoms with Crippen LogP contribution < -0.4 is 0 Å². The third-order valence-corrected chi connectivity index (χ3v) is 5.38. The molecule has 1 aromatic carbocycles. The molecule has 0 fully saturated rings. The number of thioether (sulfide) groups is 1. The lowest BCUT2D eigenvalue weighted by atomic mass is 10.1. The Hall–Kier alpha value is -1.13. The Bertz CT molecular complexity index is 681. The van der Waals surface area contributed by atoms with Crippen LogP contribution in [-0.4, -0.2) is 9.97 Å². The highest BCUT2D eigenvalue weighted by Crippen LogP contribution is 2.34. The summed E-state index contributed by atoms with van der Waals surface area (Å²) in [4.78, 5) is 8.20. The second kappa shape index (κ2) is 4.46. The number of nitrogens with zero attached hydrogens (tertiary/aromatic N) is 1. The van der Waals surface area contributed by atoms with Crippen LogP contribution in [0.5, 0.6) is 0 Å². The Kier molecular flexibility index (Phi) is 2.74. The molecule has 0 saturated carbocycles. The number of fused-ring (bicyclic) bond motifs is 2. The summed E-state index contributed by atoms with van der Waals surface area (Å²) < 4.78 is 0.810. The SMILES string of the molecule is S=c1nc(C2Cc3ccccc3C2)[nH]c2c1CSC2. The molecule has 0 atom stereocenters. The number of rotatable bonds is 1. The highest BCUT2D eigenvalue weighted by atomic mass is 32.2.